The number of carbonyl (C=O) groups excluding carboxylic acids is 2. The van der Waals surface area contributed by atoms with Crippen molar-refractivity contribution in [2.75, 3.05) is 46.6 Å². The Kier molecular flexibility index (Phi) is 9.17. The van der Waals surface area contributed by atoms with Crippen molar-refractivity contribution in [3.63, 3.8) is 0 Å². The fraction of sp³-hybridized carbons (Fsp3) is 0.433. The van der Waals surface area contributed by atoms with Gasteiger partial charge in [0.2, 0.25) is 6.29 Å². The topological polar surface area (TPSA) is 132 Å². The van der Waals surface area contributed by atoms with Crippen LogP contribution in [0.25, 0.3) is 11.0 Å². The van der Waals surface area contributed by atoms with Crippen molar-refractivity contribution < 1.29 is 33.6 Å². The van der Waals surface area contributed by atoms with E-state index < -0.39 is 12.3 Å². The minimum atomic E-state index is -0.677. The predicted molar refractivity (Wildman–Crippen MR) is 149 cm³/mol. The number of aromatic nitrogens is 2. The highest BCUT2D eigenvalue weighted by atomic mass is 16.7. The van der Waals surface area contributed by atoms with Crippen molar-refractivity contribution in [3.8, 4) is 0 Å². The van der Waals surface area contributed by atoms with Gasteiger partial charge in [-0.15, -0.1) is 0 Å². The molecule has 0 spiro atoms. The van der Waals surface area contributed by atoms with Crippen LogP contribution >= 0.6 is 0 Å². The number of para-hydroxylation sites is 2. The van der Waals surface area contributed by atoms with Crippen LogP contribution in [0.3, 0.4) is 0 Å². The second-order valence-corrected chi connectivity index (χ2v) is 10.1. The number of aromatic amines is 1. The molecule has 5 rings (SSSR count). The van der Waals surface area contributed by atoms with E-state index in [4.69, 9.17) is 24.1 Å². The molecule has 0 saturated carbocycles. The van der Waals surface area contributed by atoms with E-state index in [0.717, 1.165) is 16.6 Å². The van der Waals surface area contributed by atoms with Gasteiger partial charge in [0.05, 0.1) is 50.1 Å². The maximum Gasteiger partial charge on any atom is 0.337 e. The van der Waals surface area contributed by atoms with E-state index in [1.54, 1.807) is 21.6 Å². The Labute approximate surface area is 237 Å². The zero-order chi connectivity index (χ0) is 28.8. The molecule has 1 fully saturated rings. The van der Waals surface area contributed by atoms with Gasteiger partial charge in [0.15, 0.2) is 5.76 Å². The van der Waals surface area contributed by atoms with E-state index in [1.807, 2.05) is 42.5 Å². The molecule has 2 aliphatic heterocycles. The number of benzene rings is 2. The maximum atomic E-state index is 13.6. The van der Waals surface area contributed by atoms with Crippen LogP contribution in [0, 0.1) is 0 Å². The molecule has 2 atom stereocenters. The first kappa shape index (κ1) is 28.6. The molecular weight excluding hydrogens is 530 g/mol. The van der Waals surface area contributed by atoms with Crippen LogP contribution in [-0.4, -0.2) is 84.4 Å². The number of fused-ring (bicyclic) bond motifs is 1. The van der Waals surface area contributed by atoms with Crippen LogP contribution in [0.15, 0.2) is 65.2 Å². The number of amides is 1. The molecule has 0 bridgehead atoms. The Morgan fingerprint density at radius 3 is 2.54 bits per heavy atom. The predicted octanol–water partition coefficient (Wildman–Crippen LogP) is 2.72. The number of H-pyrrole nitrogens is 1. The lowest BCUT2D eigenvalue weighted by Crippen LogP contribution is -2.42. The summed E-state index contributed by atoms with van der Waals surface area (Å²) in [5, 5.41) is 8.91. The van der Waals surface area contributed by atoms with Crippen molar-refractivity contribution >= 4 is 22.9 Å². The van der Waals surface area contributed by atoms with Crippen LogP contribution in [0.4, 0.5) is 0 Å². The summed E-state index contributed by atoms with van der Waals surface area (Å²) in [4.78, 5) is 42.8. The van der Waals surface area contributed by atoms with Gasteiger partial charge in [-0.1, -0.05) is 24.3 Å². The number of imidazole rings is 1. The third kappa shape index (κ3) is 6.53. The number of aliphatic hydroxyl groups is 1. The molecule has 2 unspecified atom stereocenters. The Morgan fingerprint density at radius 1 is 1.05 bits per heavy atom. The Bertz CT molecular complexity index is 1440. The van der Waals surface area contributed by atoms with Crippen molar-refractivity contribution in [1.29, 1.82) is 0 Å². The number of hydrogen-bond donors (Lipinski definition) is 2. The largest absolute Gasteiger partial charge is 0.465 e. The number of likely N-dealkylation sites (tertiary alicyclic amines) is 1. The first-order valence-corrected chi connectivity index (χ1v) is 13.8. The Balaban J connectivity index is 1.29. The van der Waals surface area contributed by atoms with Gasteiger partial charge in [-0.25, -0.2) is 9.59 Å². The molecule has 41 heavy (non-hydrogen) atoms. The minimum Gasteiger partial charge on any atom is -0.465 e. The maximum absolute atomic E-state index is 13.6. The van der Waals surface area contributed by atoms with Crippen molar-refractivity contribution in [3.05, 3.63) is 82.0 Å². The number of allylic oxidation sites excluding steroid dienone is 1. The quantitative estimate of drug-likeness (QED) is 0.283. The lowest BCUT2D eigenvalue weighted by Gasteiger charge is -2.35. The zero-order valence-electron chi connectivity index (χ0n) is 23.0. The van der Waals surface area contributed by atoms with Gasteiger partial charge in [-0.2, -0.15) is 0 Å². The van der Waals surface area contributed by atoms with Gasteiger partial charge in [0.25, 0.3) is 5.91 Å². The van der Waals surface area contributed by atoms with E-state index in [-0.39, 0.29) is 55.7 Å². The summed E-state index contributed by atoms with van der Waals surface area (Å²) in [6, 6.07) is 14.7. The number of esters is 1. The zero-order valence-corrected chi connectivity index (χ0v) is 23.0. The first-order valence-electron chi connectivity index (χ1n) is 13.8. The van der Waals surface area contributed by atoms with Gasteiger partial charge >= 0.3 is 11.7 Å². The van der Waals surface area contributed by atoms with E-state index >= 15 is 0 Å². The highest BCUT2D eigenvalue weighted by molar-refractivity contribution is 5.92. The number of piperidine rings is 1. The van der Waals surface area contributed by atoms with Crippen LogP contribution in [-0.2, 0) is 23.7 Å². The molecule has 11 heteroatoms. The lowest BCUT2D eigenvalue weighted by molar-refractivity contribution is -0.157. The summed E-state index contributed by atoms with van der Waals surface area (Å²) in [6.45, 7) is 1.63. The molecule has 0 aliphatic carbocycles. The fourth-order valence-corrected chi connectivity index (χ4v) is 5.45. The third-order valence-electron chi connectivity index (χ3n) is 7.54. The average Bonchev–Trinajstić information content (AvgIpc) is 3.35. The van der Waals surface area contributed by atoms with Crippen molar-refractivity contribution in [1.82, 2.24) is 14.5 Å². The summed E-state index contributed by atoms with van der Waals surface area (Å²) >= 11 is 0. The second kappa shape index (κ2) is 13.2. The molecule has 2 aliphatic rings. The molecule has 218 valence electrons. The summed E-state index contributed by atoms with van der Waals surface area (Å²) in [5.74, 6) is -0.615. The summed E-state index contributed by atoms with van der Waals surface area (Å²) < 4.78 is 23.8. The summed E-state index contributed by atoms with van der Waals surface area (Å²) in [5.41, 5.74) is 2.88. The molecule has 0 radical (unpaired) electrons. The SMILES string of the molecule is COC(=O)c1ccc(C2C=C(C(=O)N3CCC(n4c(=O)[nH]c5ccccc54)CC3)OC(OCCOCCO)C2)cc1. The van der Waals surface area contributed by atoms with E-state index in [2.05, 4.69) is 4.98 Å². The number of rotatable bonds is 10. The van der Waals surface area contributed by atoms with E-state index in [1.165, 1.54) is 7.11 Å². The van der Waals surface area contributed by atoms with Gasteiger partial charge in [0.1, 0.15) is 0 Å². The smallest absolute Gasteiger partial charge is 0.337 e. The molecular formula is C30H35N3O8. The third-order valence-corrected chi connectivity index (χ3v) is 7.54. The number of aliphatic hydroxyl groups excluding tert-OH is 1. The van der Waals surface area contributed by atoms with E-state index in [0.29, 0.717) is 37.9 Å². The molecule has 3 heterocycles. The number of carbonyl (C=O) groups is 2. The van der Waals surface area contributed by atoms with Crippen LogP contribution < -0.4 is 5.69 Å². The number of methoxy groups -OCH3 is 1. The highest BCUT2D eigenvalue weighted by Gasteiger charge is 2.33. The Morgan fingerprint density at radius 2 is 1.80 bits per heavy atom. The normalized spacial score (nSPS) is 19.6. The molecule has 2 N–H and O–H groups in total. The average molecular weight is 566 g/mol. The van der Waals surface area contributed by atoms with Gasteiger partial charge < -0.3 is 33.9 Å². The fourth-order valence-electron chi connectivity index (χ4n) is 5.45. The number of nitrogens with zero attached hydrogens (tertiary/aromatic N) is 2. The van der Waals surface area contributed by atoms with Crippen LogP contribution in [0.1, 0.15) is 47.1 Å². The number of hydrogen-bond acceptors (Lipinski definition) is 8. The minimum absolute atomic E-state index is 0.0139. The molecule has 1 amide bonds. The van der Waals surface area contributed by atoms with Crippen LogP contribution in [0.5, 0.6) is 0 Å². The van der Waals surface area contributed by atoms with Gasteiger partial charge in [-0.05, 0) is 48.7 Å². The van der Waals surface area contributed by atoms with Crippen molar-refractivity contribution in [2.45, 2.75) is 37.5 Å². The summed E-state index contributed by atoms with van der Waals surface area (Å²) in [6.07, 6.45) is 2.89. The molecule has 3 aromatic rings. The number of ether oxygens (including phenoxy) is 4. The second-order valence-electron chi connectivity index (χ2n) is 10.1. The Hall–Kier alpha value is -3.93. The first-order chi connectivity index (χ1) is 20.0. The number of nitrogens with one attached hydrogen (secondary N) is 1. The standard InChI is InChI=1S/C30H35N3O8/c1-38-29(36)21-8-6-20(7-9-21)22-18-26(41-27(19-22)40-17-16-39-15-14-34)28(35)32-12-10-23(11-13-32)33-25-5-3-2-4-24(25)31-30(33)37/h2-9,18,22-23,27,34H,10-17,19H2,1H3,(H,31,37). The lowest BCUT2D eigenvalue weighted by atomic mass is 9.92. The van der Waals surface area contributed by atoms with Crippen LogP contribution in [0.2, 0.25) is 0 Å². The molecule has 1 aromatic heterocycles. The highest BCUT2D eigenvalue weighted by Crippen LogP contribution is 2.33. The van der Waals surface area contributed by atoms with Gasteiger partial charge in [0, 0.05) is 31.5 Å². The van der Waals surface area contributed by atoms with E-state index in [9.17, 15) is 14.4 Å². The molecule has 1 saturated heterocycles. The monoisotopic (exact) mass is 565 g/mol. The summed E-state index contributed by atoms with van der Waals surface area (Å²) in [7, 11) is 1.34. The van der Waals surface area contributed by atoms with Gasteiger partial charge in [-0.3, -0.25) is 9.36 Å². The molecule has 11 nitrogen and oxygen atoms in total. The molecule has 2 aromatic carbocycles. The van der Waals surface area contributed by atoms with Crippen molar-refractivity contribution in [2.24, 2.45) is 0 Å².